The molecule has 0 spiro atoms. The molecule has 2 rings (SSSR count). The van der Waals surface area contributed by atoms with Gasteiger partial charge >= 0.3 is 0 Å². The molecule has 1 heterocycles. The highest BCUT2D eigenvalue weighted by Crippen LogP contribution is 2.13. The lowest BCUT2D eigenvalue weighted by Crippen LogP contribution is -2.12. The molecule has 0 aliphatic rings. The number of nitrogens with zero attached hydrogens (tertiary/aromatic N) is 2. The Morgan fingerprint density at radius 1 is 1.17 bits per heavy atom. The summed E-state index contributed by atoms with van der Waals surface area (Å²) in [7, 11) is 0. The van der Waals surface area contributed by atoms with Gasteiger partial charge in [-0.2, -0.15) is 9.97 Å². The molecular weight excluding hydrogens is 235 g/mol. The second-order valence-corrected chi connectivity index (χ2v) is 3.62. The monoisotopic (exact) mass is 248 g/mol. The summed E-state index contributed by atoms with van der Waals surface area (Å²) in [6.45, 7) is 0.429. The van der Waals surface area contributed by atoms with E-state index in [1.54, 1.807) is 12.1 Å². The highest BCUT2D eigenvalue weighted by Gasteiger charge is 2.01. The van der Waals surface area contributed by atoms with Gasteiger partial charge in [0.25, 0.3) is 0 Å². The van der Waals surface area contributed by atoms with Gasteiger partial charge in [-0.25, -0.2) is 10.2 Å². The molecular formula is C11H13FN6. The Hall–Kier alpha value is -2.41. The molecule has 0 aliphatic carbocycles. The second-order valence-electron chi connectivity index (χ2n) is 3.62. The Labute approximate surface area is 103 Å². The van der Waals surface area contributed by atoms with Crippen LogP contribution in [0.4, 0.5) is 22.0 Å². The number of hydrogen-bond donors (Lipinski definition) is 4. The maximum atomic E-state index is 13.0. The van der Waals surface area contributed by atoms with Crippen molar-refractivity contribution in [2.75, 3.05) is 16.5 Å². The smallest absolute Gasteiger partial charge is 0.223 e. The lowest BCUT2D eigenvalue weighted by atomic mass is 10.2. The van der Waals surface area contributed by atoms with E-state index in [2.05, 4.69) is 20.7 Å². The Morgan fingerprint density at radius 2 is 1.94 bits per heavy atom. The number of aromatic nitrogens is 2. The summed E-state index contributed by atoms with van der Waals surface area (Å²) in [6.07, 6.45) is 0. The van der Waals surface area contributed by atoms with E-state index in [1.807, 2.05) is 6.07 Å². The number of nitrogens with one attached hydrogen (secondary N) is 2. The molecule has 0 bridgehead atoms. The van der Waals surface area contributed by atoms with Gasteiger partial charge in [0, 0.05) is 12.6 Å². The van der Waals surface area contributed by atoms with Gasteiger partial charge in [-0.15, -0.1) is 0 Å². The van der Waals surface area contributed by atoms with Gasteiger partial charge in [0.1, 0.15) is 17.5 Å². The van der Waals surface area contributed by atoms with Crippen molar-refractivity contribution in [1.29, 1.82) is 0 Å². The number of benzene rings is 1. The zero-order valence-electron chi connectivity index (χ0n) is 9.52. The largest absolute Gasteiger partial charge is 0.368 e. The van der Waals surface area contributed by atoms with E-state index in [-0.39, 0.29) is 11.8 Å². The highest BCUT2D eigenvalue weighted by atomic mass is 19.1. The van der Waals surface area contributed by atoms with Gasteiger partial charge in [0.05, 0.1) is 0 Å². The predicted molar refractivity (Wildman–Crippen MR) is 68.0 cm³/mol. The van der Waals surface area contributed by atoms with E-state index in [0.29, 0.717) is 18.2 Å². The summed E-state index contributed by atoms with van der Waals surface area (Å²) in [5.74, 6) is 5.99. The molecule has 0 aliphatic heterocycles. The van der Waals surface area contributed by atoms with Crippen molar-refractivity contribution >= 4 is 17.6 Å². The lowest BCUT2D eigenvalue weighted by molar-refractivity contribution is 0.626. The average Bonchev–Trinajstić information content (AvgIpc) is 2.36. The fourth-order valence-corrected chi connectivity index (χ4v) is 1.47. The number of anilines is 3. The highest BCUT2D eigenvalue weighted by molar-refractivity contribution is 5.50. The van der Waals surface area contributed by atoms with E-state index in [4.69, 9.17) is 11.6 Å². The molecule has 1 aromatic heterocycles. The normalized spacial score (nSPS) is 10.1. The Balaban J connectivity index is 2.08. The van der Waals surface area contributed by atoms with Gasteiger partial charge in [0.15, 0.2) is 0 Å². The first kappa shape index (κ1) is 12.1. The first-order chi connectivity index (χ1) is 8.67. The second kappa shape index (κ2) is 5.28. The van der Waals surface area contributed by atoms with Crippen LogP contribution in [0.25, 0.3) is 0 Å². The van der Waals surface area contributed by atoms with Crippen LogP contribution in [0.3, 0.4) is 0 Å². The number of hydrogen-bond acceptors (Lipinski definition) is 6. The molecule has 0 saturated heterocycles. The zero-order valence-corrected chi connectivity index (χ0v) is 9.52. The molecule has 0 saturated carbocycles. The first-order valence-corrected chi connectivity index (χ1v) is 5.27. The molecule has 18 heavy (non-hydrogen) atoms. The number of nitrogens with two attached hydrogens (primary N) is 2. The Bertz CT molecular complexity index is 545. The molecule has 6 N–H and O–H groups in total. The van der Waals surface area contributed by atoms with Crippen LogP contribution in [0.2, 0.25) is 0 Å². The first-order valence-electron chi connectivity index (χ1n) is 5.27. The van der Waals surface area contributed by atoms with Crippen LogP contribution in [-0.2, 0) is 6.54 Å². The maximum Gasteiger partial charge on any atom is 0.223 e. The van der Waals surface area contributed by atoms with Crippen molar-refractivity contribution in [3.63, 3.8) is 0 Å². The molecule has 2 aromatic rings. The third-order valence-corrected chi connectivity index (χ3v) is 2.25. The summed E-state index contributed by atoms with van der Waals surface area (Å²) < 4.78 is 13.0. The van der Waals surface area contributed by atoms with Crippen molar-refractivity contribution < 1.29 is 4.39 Å². The Morgan fingerprint density at radius 3 is 2.67 bits per heavy atom. The van der Waals surface area contributed by atoms with Crippen molar-refractivity contribution in [2.24, 2.45) is 5.84 Å². The van der Waals surface area contributed by atoms with Gasteiger partial charge in [-0.1, -0.05) is 12.1 Å². The number of hydrazine groups is 1. The minimum atomic E-state index is -0.277. The third-order valence-electron chi connectivity index (χ3n) is 2.25. The lowest BCUT2D eigenvalue weighted by Gasteiger charge is -2.08. The van der Waals surface area contributed by atoms with E-state index in [1.165, 1.54) is 12.1 Å². The topological polar surface area (TPSA) is 102 Å². The van der Waals surface area contributed by atoms with Crippen molar-refractivity contribution in [3.8, 4) is 0 Å². The van der Waals surface area contributed by atoms with Crippen LogP contribution in [0.15, 0.2) is 30.3 Å². The number of rotatable bonds is 4. The number of halogens is 1. The molecule has 0 unspecified atom stereocenters. The van der Waals surface area contributed by atoms with Crippen LogP contribution in [0.1, 0.15) is 5.56 Å². The van der Waals surface area contributed by atoms with E-state index in [0.717, 1.165) is 5.56 Å². The fraction of sp³-hybridized carbons (Fsp3) is 0.0909. The maximum absolute atomic E-state index is 13.0. The summed E-state index contributed by atoms with van der Waals surface area (Å²) >= 11 is 0. The van der Waals surface area contributed by atoms with E-state index >= 15 is 0 Å². The summed E-state index contributed by atoms with van der Waals surface area (Å²) in [4.78, 5) is 7.84. The summed E-state index contributed by atoms with van der Waals surface area (Å²) in [5, 5.41) is 3.01. The molecule has 7 heteroatoms. The average molecular weight is 248 g/mol. The standard InChI is InChI=1S/C11H13FN6/c12-8-3-1-2-7(4-8)6-15-9-5-10(18-14)17-11(13)16-9/h1-5H,6,14H2,(H4,13,15,16,17,18). The van der Waals surface area contributed by atoms with Crippen molar-refractivity contribution in [3.05, 3.63) is 41.7 Å². The molecule has 1 aromatic carbocycles. The molecule has 0 fully saturated rings. The van der Waals surface area contributed by atoms with Crippen LogP contribution in [0.5, 0.6) is 0 Å². The molecule has 0 radical (unpaired) electrons. The van der Waals surface area contributed by atoms with Crippen molar-refractivity contribution in [1.82, 2.24) is 9.97 Å². The van der Waals surface area contributed by atoms with Gasteiger partial charge in [0.2, 0.25) is 5.95 Å². The van der Waals surface area contributed by atoms with Crippen LogP contribution in [0, 0.1) is 5.82 Å². The Kier molecular flexibility index (Phi) is 3.54. The van der Waals surface area contributed by atoms with Crippen LogP contribution >= 0.6 is 0 Å². The van der Waals surface area contributed by atoms with Gasteiger partial charge in [-0.3, -0.25) is 0 Å². The minimum absolute atomic E-state index is 0.104. The van der Waals surface area contributed by atoms with Crippen LogP contribution in [-0.4, -0.2) is 9.97 Å². The molecule has 0 atom stereocenters. The quantitative estimate of drug-likeness (QED) is 0.477. The van der Waals surface area contributed by atoms with Gasteiger partial charge < -0.3 is 16.5 Å². The zero-order chi connectivity index (χ0) is 13.0. The van der Waals surface area contributed by atoms with E-state index < -0.39 is 0 Å². The molecule has 94 valence electrons. The molecule has 6 nitrogen and oxygen atoms in total. The predicted octanol–water partition coefficient (Wildman–Crippen LogP) is 1.10. The molecule has 0 amide bonds. The van der Waals surface area contributed by atoms with Crippen molar-refractivity contribution in [2.45, 2.75) is 6.54 Å². The third kappa shape index (κ3) is 3.05. The van der Waals surface area contributed by atoms with E-state index in [9.17, 15) is 4.39 Å². The van der Waals surface area contributed by atoms with Crippen LogP contribution < -0.4 is 22.3 Å². The fourth-order valence-electron chi connectivity index (χ4n) is 1.47. The SMILES string of the molecule is NNc1cc(NCc2cccc(F)c2)nc(N)n1. The van der Waals surface area contributed by atoms with Gasteiger partial charge in [-0.05, 0) is 17.7 Å². The number of nitrogen functional groups attached to an aromatic ring is 2. The summed E-state index contributed by atoms with van der Waals surface area (Å²) in [5.41, 5.74) is 8.70. The summed E-state index contributed by atoms with van der Waals surface area (Å²) in [6, 6.07) is 7.90. The minimum Gasteiger partial charge on any atom is -0.368 e.